The molecule has 1 amide bonds. The molecule has 0 radical (unpaired) electrons. The SMILES string of the molecule is Cc1cccc(O[C@H](C)C(=O)Nc2c(F)cccc2F)c1. The molecular formula is C16H15F2NO2. The van der Waals surface area contributed by atoms with Crippen LogP contribution in [0.15, 0.2) is 42.5 Å². The minimum absolute atomic E-state index is 0.470. The van der Waals surface area contributed by atoms with Crippen LogP contribution in [0.1, 0.15) is 12.5 Å². The minimum Gasteiger partial charge on any atom is -0.481 e. The van der Waals surface area contributed by atoms with Gasteiger partial charge in [-0.3, -0.25) is 4.79 Å². The van der Waals surface area contributed by atoms with Crippen LogP contribution in [0.4, 0.5) is 14.5 Å². The van der Waals surface area contributed by atoms with Gasteiger partial charge in [0, 0.05) is 0 Å². The summed E-state index contributed by atoms with van der Waals surface area (Å²) in [6, 6.07) is 10.6. The normalized spacial score (nSPS) is 11.8. The number of anilines is 1. The van der Waals surface area contributed by atoms with Crippen molar-refractivity contribution in [3.05, 3.63) is 59.7 Å². The van der Waals surface area contributed by atoms with E-state index in [9.17, 15) is 13.6 Å². The number of para-hydroxylation sites is 1. The van der Waals surface area contributed by atoms with Crippen LogP contribution in [0.5, 0.6) is 5.75 Å². The summed E-state index contributed by atoms with van der Waals surface area (Å²) in [6.07, 6.45) is -0.884. The molecule has 0 heterocycles. The van der Waals surface area contributed by atoms with Crippen molar-refractivity contribution in [3.63, 3.8) is 0 Å². The highest BCUT2D eigenvalue weighted by Crippen LogP contribution is 2.19. The lowest BCUT2D eigenvalue weighted by atomic mass is 10.2. The van der Waals surface area contributed by atoms with E-state index in [2.05, 4.69) is 5.32 Å². The van der Waals surface area contributed by atoms with E-state index < -0.39 is 29.3 Å². The molecule has 0 aromatic heterocycles. The lowest BCUT2D eigenvalue weighted by molar-refractivity contribution is -0.122. The molecule has 2 aromatic carbocycles. The highest BCUT2D eigenvalue weighted by molar-refractivity contribution is 5.94. The topological polar surface area (TPSA) is 38.3 Å². The molecule has 21 heavy (non-hydrogen) atoms. The first-order valence-electron chi connectivity index (χ1n) is 6.45. The Labute approximate surface area is 121 Å². The largest absolute Gasteiger partial charge is 0.481 e. The van der Waals surface area contributed by atoms with Gasteiger partial charge in [-0.2, -0.15) is 0 Å². The zero-order valence-electron chi connectivity index (χ0n) is 11.7. The fraction of sp³-hybridized carbons (Fsp3) is 0.188. The molecule has 3 nitrogen and oxygen atoms in total. The molecule has 0 aliphatic carbocycles. The molecule has 0 bridgehead atoms. The molecule has 1 N–H and O–H groups in total. The Hall–Kier alpha value is -2.43. The number of hydrogen-bond acceptors (Lipinski definition) is 2. The van der Waals surface area contributed by atoms with Gasteiger partial charge in [-0.05, 0) is 43.7 Å². The molecule has 0 fully saturated rings. The highest BCUT2D eigenvalue weighted by atomic mass is 19.1. The Kier molecular flexibility index (Phi) is 4.52. The third kappa shape index (κ3) is 3.78. The predicted octanol–water partition coefficient (Wildman–Crippen LogP) is 3.68. The van der Waals surface area contributed by atoms with E-state index >= 15 is 0 Å². The standard InChI is InChI=1S/C16H15F2NO2/c1-10-5-3-6-12(9-10)21-11(2)16(20)19-15-13(17)7-4-8-14(15)18/h3-9,11H,1-2H3,(H,19,20)/t11-/m1/s1. The number of benzene rings is 2. The van der Waals surface area contributed by atoms with E-state index in [0.717, 1.165) is 17.7 Å². The van der Waals surface area contributed by atoms with Crippen LogP contribution in [0.2, 0.25) is 0 Å². The summed E-state index contributed by atoms with van der Waals surface area (Å²) < 4.78 is 32.4. The highest BCUT2D eigenvalue weighted by Gasteiger charge is 2.18. The maximum Gasteiger partial charge on any atom is 0.265 e. The van der Waals surface area contributed by atoms with Gasteiger partial charge in [0.15, 0.2) is 6.10 Å². The molecule has 0 aliphatic heterocycles. The Morgan fingerprint density at radius 1 is 1.14 bits per heavy atom. The molecule has 0 saturated carbocycles. The fourth-order valence-corrected chi connectivity index (χ4v) is 1.79. The van der Waals surface area contributed by atoms with Gasteiger partial charge in [0.2, 0.25) is 0 Å². The number of aryl methyl sites for hydroxylation is 1. The Bertz CT molecular complexity index is 638. The van der Waals surface area contributed by atoms with E-state index in [1.807, 2.05) is 13.0 Å². The van der Waals surface area contributed by atoms with E-state index in [-0.39, 0.29) is 0 Å². The number of carbonyl (C=O) groups excluding carboxylic acids is 1. The summed E-state index contributed by atoms with van der Waals surface area (Å²) in [5.74, 6) is -1.76. The van der Waals surface area contributed by atoms with Crippen molar-refractivity contribution in [3.8, 4) is 5.75 Å². The third-order valence-electron chi connectivity index (χ3n) is 2.88. The van der Waals surface area contributed by atoms with Crippen LogP contribution in [0.3, 0.4) is 0 Å². The van der Waals surface area contributed by atoms with E-state index in [4.69, 9.17) is 4.74 Å². The van der Waals surface area contributed by atoms with Gasteiger partial charge in [0.1, 0.15) is 23.1 Å². The van der Waals surface area contributed by atoms with Crippen molar-refractivity contribution in [2.24, 2.45) is 0 Å². The molecular weight excluding hydrogens is 276 g/mol. The summed E-state index contributed by atoms with van der Waals surface area (Å²) >= 11 is 0. The lowest BCUT2D eigenvalue weighted by Gasteiger charge is -2.15. The average Bonchev–Trinajstić information content (AvgIpc) is 2.43. The van der Waals surface area contributed by atoms with Crippen LogP contribution in [-0.2, 0) is 4.79 Å². The maximum atomic E-state index is 13.5. The first-order valence-corrected chi connectivity index (χ1v) is 6.45. The number of carbonyl (C=O) groups is 1. The van der Waals surface area contributed by atoms with Gasteiger partial charge < -0.3 is 10.1 Å². The van der Waals surface area contributed by atoms with Crippen molar-refractivity contribution < 1.29 is 18.3 Å². The van der Waals surface area contributed by atoms with Crippen molar-refractivity contribution >= 4 is 11.6 Å². The fourth-order valence-electron chi connectivity index (χ4n) is 1.79. The molecule has 0 saturated heterocycles. The molecule has 2 rings (SSSR count). The molecule has 0 unspecified atom stereocenters. The van der Waals surface area contributed by atoms with E-state index in [1.165, 1.54) is 13.0 Å². The monoisotopic (exact) mass is 291 g/mol. The predicted molar refractivity (Wildman–Crippen MR) is 76.3 cm³/mol. The number of amides is 1. The Morgan fingerprint density at radius 2 is 1.76 bits per heavy atom. The Morgan fingerprint density at radius 3 is 2.38 bits per heavy atom. The molecule has 5 heteroatoms. The molecule has 1 atom stereocenters. The summed E-state index contributed by atoms with van der Waals surface area (Å²) in [6.45, 7) is 3.41. The van der Waals surface area contributed by atoms with Crippen LogP contribution in [0, 0.1) is 18.6 Å². The second-order valence-corrected chi connectivity index (χ2v) is 4.66. The van der Waals surface area contributed by atoms with Crippen molar-refractivity contribution in [2.75, 3.05) is 5.32 Å². The van der Waals surface area contributed by atoms with E-state index in [0.29, 0.717) is 5.75 Å². The van der Waals surface area contributed by atoms with Crippen LogP contribution in [0.25, 0.3) is 0 Å². The zero-order chi connectivity index (χ0) is 15.4. The van der Waals surface area contributed by atoms with Gasteiger partial charge >= 0.3 is 0 Å². The van der Waals surface area contributed by atoms with Crippen LogP contribution >= 0.6 is 0 Å². The number of nitrogens with one attached hydrogen (secondary N) is 1. The van der Waals surface area contributed by atoms with Crippen LogP contribution < -0.4 is 10.1 Å². The van der Waals surface area contributed by atoms with Crippen molar-refractivity contribution in [1.29, 1.82) is 0 Å². The molecule has 2 aromatic rings. The third-order valence-corrected chi connectivity index (χ3v) is 2.88. The number of halogens is 2. The van der Waals surface area contributed by atoms with Crippen LogP contribution in [-0.4, -0.2) is 12.0 Å². The number of ether oxygens (including phenoxy) is 1. The first-order chi connectivity index (χ1) is 9.97. The van der Waals surface area contributed by atoms with Gasteiger partial charge in [-0.1, -0.05) is 18.2 Å². The minimum atomic E-state index is -0.884. The smallest absolute Gasteiger partial charge is 0.265 e. The average molecular weight is 291 g/mol. The molecule has 0 spiro atoms. The van der Waals surface area contributed by atoms with Gasteiger partial charge in [0.25, 0.3) is 5.91 Å². The number of hydrogen-bond donors (Lipinski definition) is 1. The van der Waals surface area contributed by atoms with Gasteiger partial charge in [0.05, 0.1) is 0 Å². The maximum absolute atomic E-state index is 13.5. The van der Waals surface area contributed by atoms with Crippen molar-refractivity contribution in [2.45, 2.75) is 20.0 Å². The zero-order valence-corrected chi connectivity index (χ0v) is 11.7. The van der Waals surface area contributed by atoms with E-state index in [1.54, 1.807) is 18.2 Å². The van der Waals surface area contributed by atoms with Crippen molar-refractivity contribution in [1.82, 2.24) is 0 Å². The lowest BCUT2D eigenvalue weighted by Crippen LogP contribution is -2.30. The second-order valence-electron chi connectivity index (χ2n) is 4.66. The number of rotatable bonds is 4. The summed E-state index contributed by atoms with van der Waals surface area (Å²) in [5, 5.41) is 2.20. The van der Waals surface area contributed by atoms with Gasteiger partial charge in [-0.25, -0.2) is 8.78 Å². The molecule has 0 aliphatic rings. The second kappa shape index (κ2) is 6.35. The first kappa shape index (κ1) is 15.0. The Balaban J connectivity index is 2.06. The van der Waals surface area contributed by atoms with Gasteiger partial charge in [-0.15, -0.1) is 0 Å². The summed E-state index contributed by atoms with van der Waals surface area (Å²) in [5.41, 5.74) is 0.516. The summed E-state index contributed by atoms with van der Waals surface area (Å²) in [4.78, 5) is 11.9. The summed E-state index contributed by atoms with van der Waals surface area (Å²) in [7, 11) is 0. The molecule has 110 valence electrons. The quantitative estimate of drug-likeness (QED) is 0.933.